The molecular formula is C14H15ClN2O3S. The van der Waals surface area contributed by atoms with Crippen molar-refractivity contribution in [3.63, 3.8) is 0 Å². The van der Waals surface area contributed by atoms with Gasteiger partial charge in [0.25, 0.3) is 10.0 Å². The third kappa shape index (κ3) is 2.91. The van der Waals surface area contributed by atoms with Crippen molar-refractivity contribution in [1.29, 1.82) is 0 Å². The molecule has 5 nitrogen and oxygen atoms in total. The summed E-state index contributed by atoms with van der Waals surface area (Å²) in [5, 5.41) is 9.56. The fraction of sp³-hybridized carbons (Fsp3) is 0.143. The Kier molecular flexibility index (Phi) is 4.02. The van der Waals surface area contributed by atoms with E-state index < -0.39 is 10.0 Å². The van der Waals surface area contributed by atoms with Crippen LogP contribution in [0, 0.1) is 6.92 Å². The van der Waals surface area contributed by atoms with Gasteiger partial charge in [0.05, 0.1) is 10.6 Å². The number of nitrogens with two attached hydrogens (primary N) is 1. The highest BCUT2D eigenvalue weighted by Crippen LogP contribution is 2.29. The monoisotopic (exact) mass is 326 g/mol. The number of phenols is 1. The van der Waals surface area contributed by atoms with E-state index in [1.807, 2.05) is 0 Å². The Morgan fingerprint density at radius 3 is 2.29 bits per heavy atom. The predicted octanol–water partition coefficient (Wildman–Crippen LogP) is 2.76. The predicted molar refractivity (Wildman–Crippen MR) is 84.3 cm³/mol. The molecule has 2 rings (SSSR count). The molecule has 2 aromatic carbocycles. The molecule has 112 valence electrons. The van der Waals surface area contributed by atoms with Crippen molar-refractivity contribution in [3.8, 4) is 5.75 Å². The number of nitrogens with zero attached hydrogens (tertiary/aromatic N) is 1. The van der Waals surface area contributed by atoms with E-state index >= 15 is 0 Å². The molecule has 0 saturated heterocycles. The summed E-state index contributed by atoms with van der Waals surface area (Å²) in [6, 6.07) is 8.60. The number of benzene rings is 2. The maximum absolute atomic E-state index is 12.6. The number of nitrogen functional groups attached to an aromatic ring is 1. The average Bonchev–Trinajstić information content (AvgIpc) is 2.44. The van der Waals surface area contributed by atoms with Crippen LogP contribution in [0.3, 0.4) is 0 Å². The highest BCUT2D eigenvalue weighted by molar-refractivity contribution is 7.92. The van der Waals surface area contributed by atoms with E-state index in [9.17, 15) is 13.5 Å². The van der Waals surface area contributed by atoms with Gasteiger partial charge in [-0.2, -0.15) is 0 Å². The van der Waals surface area contributed by atoms with Gasteiger partial charge < -0.3 is 10.8 Å². The van der Waals surface area contributed by atoms with Crippen LogP contribution in [-0.2, 0) is 10.0 Å². The number of rotatable bonds is 3. The van der Waals surface area contributed by atoms with Crippen LogP contribution in [0.4, 0.5) is 11.4 Å². The Morgan fingerprint density at radius 2 is 1.76 bits per heavy atom. The van der Waals surface area contributed by atoms with Crippen LogP contribution in [0.15, 0.2) is 41.3 Å². The molecular weight excluding hydrogens is 312 g/mol. The number of halogens is 1. The largest absolute Gasteiger partial charge is 0.508 e. The Labute approximate surface area is 128 Å². The summed E-state index contributed by atoms with van der Waals surface area (Å²) < 4.78 is 26.3. The SMILES string of the molecule is Cc1c(N)cc(S(=O)(=O)N(C)c2ccc(O)cc2)cc1Cl. The molecule has 0 atom stereocenters. The van der Waals surface area contributed by atoms with Crippen LogP contribution in [0.2, 0.25) is 5.02 Å². The van der Waals surface area contributed by atoms with Crippen molar-refractivity contribution in [2.45, 2.75) is 11.8 Å². The van der Waals surface area contributed by atoms with Crippen LogP contribution in [0.5, 0.6) is 5.75 Å². The van der Waals surface area contributed by atoms with Gasteiger partial charge >= 0.3 is 0 Å². The van der Waals surface area contributed by atoms with Crippen molar-refractivity contribution in [2.75, 3.05) is 17.1 Å². The van der Waals surface area contributed by atoms with E-state index in [0.29, 0.717) is 22.0 Å². The summed E-state index contributed by atoms with van der Waals surface area (Å²) in [5.74, 6) is 0.0622. The maximum atomic E-state index is 12.6. The average molecular weight is 327 g/mol. The Morgan fingerprint density at radius 1 is 1.19 bits per heavy atom. The van der Waals surface area contributed by atoms with Crippen LogP contribution < -0.4 is 10.0 Å². The van der Waals surface area contributed by atoms with E-state index in [0.717, 1.165) is 4.31 Å². The Hall–Kier alpha value is -1.92. The van der Waals surface area contributed by atoms with Gasteiger partial charge in [-0.25, -0.2) is 8.42 Å². The van der Waals surface area contributed by atoms with Crippen LogP contribution in [0.25, 0.3) is 0 Å². The molecule has 0 amide bonds. The van der Waals surface area contributed by atoms with Gasteiger partial charge in [-0.05, 0) is 48.9 Å². The lowest BCUT2D eigenvalue weighted by Gasteiger charge is -2.20. The zero-order chi connectivity index (χ0) is 15.8. The lowest BCUT2D eigenvalue weighted by Crippen LogP contribution is -2.26. The standard InChI is InChI=1S/C14H15ClN2O3S/c1-9-13(15)7-12(8-14(9)16)21(19,20)17(2)10-3-5-11(18)6-4-10/h3-8,18H,16H2,1-2H3. The van der Waals surface area contributed by atoms with Gasteiger partial charge in [0, 0.05) is 17.8 Å². The molecule has 0 aliphatic carbocycles. The Bertz CT molecular complexity index is 750. The summed E-state index contributed by atoms with van der Waals surface area (Å²) in [4.78, 5) is 0.0196. The first kappa shape index (κ1) is 15.5. The van der Waals surface area contributed by atoms with Crippen LogP contribution >= 0.6 is 11.6 Å². The molecule has 0 saturated carbocycles. The zero-order valence-corrected chi connectivity index (χ0v) is 13.1. The summed E-state index contributed by atoms with van der Waals surface area (Å²) in [7, 11) is -2.36. The van der Waals surface area contributed by atoms with Crippen molar-refractivity contribution in [1.82, 2.24) is 0 Å². The molecule has 7 heteroatoms. The normalized spacial score (nSPS) is 11.4. The minimum atomic E-state index is -3.78. The fourth-order valence-corrected chi connectivity index (χ4v) is 3.33. The first-order valence-corrected chi connectivity index (χ1v) is 7.89. The zero-order valence-electron chi connectivity index (χ0n) is 11.5. The van der Waals surface area contributed by atoms with E-state index in [4.69, 9.17) is 17.3 Å². The molecule has 0 radical (unpaired) electrons. The number of hydrogen-bond donors (Lipinski definition) is 2. The maximum Gasteiger partial charge on any atom is 0.264 e. The molecule has 0 bridgehead atoms. The van der Waals surface area contributed by atoms with Crippen molar-refractivity contribution in [2.24, 2.45) is 0 Å². The highest BCUT2D eigenvalue weighted by atomic mass is 35.5. The minimum absolute atomic E-state index is 0.0196. The molecule has 0 aliphatic heterocycles. The summed E-state index contributed by atoms with van der Waals surface area (Å²) >= 11 is 6.00. The third-order valence-corrected chi connectivity index (χ3v) is 5.39. The van der Waals surface area contributed by atoms with Crippen LogP contribution in [0.1, 0.15) is 5.56 Å². The number of sulfonamides is 1. The smallest absolute Gasteiger partial charge is 0.264 e. The summed E-state index contributed by atoms with van der Waals surface area (Å²) in [6.07, 6.45) is 0. The molecule has 0 fully saturated rings. The van der Waals surface area contributed by atoms with E-state index in [1.54, 1.807) is 6.92 Å². The van der Waals surface area contributed by atoms with Crippen LogP contribution in [-0.4, -0.2) is 20.6 Å². The molecule has 0 spiro atoms. The Balaban J connectivity index is 2.49. The molecule has 2 aromatic rings. The lowest BCUT2D eigenvalue weighted by molar-refractivity contribution is 0.475. The number of hydrogen-bond acceptors (Lipinski definition) is 4. The molecule has 21 heavy (non-hydrogen) atoms. The van der Waals surface area contributed by atoms with Gasteiger partial charge in [-0.3, -0.25) is 4.31 Å². The molecule has 0 aromatic heterocycles. The lowest BCUT2D eigenvalue weighted by atomic mass is 10.2. The first-order valence-electron chi connectivity index (χ1n) is 6.07. The molecule has 0 aliphatic rings. The fourth-order valence-electron chi connectivity index (χ4n) is 1.78. The highest BCUT2D eigenvalue weighted by Gasteiger charge is 2.23. The van der Waals surface area contributed by atoms with Gasteiger partial charge in [0.1, 0.15) is 5.75 Å². The van der Waals surface area contributed by atoms with Crippen molar-refractivity contribution >= 4 is 33.0 Å². The van der Waals surface area contributed by atoms with Crippen molar-refractivity contribution in [3.05, 3.63) is 47.0 Å². The molecule has 3 N–H and O–H groups in total. The summed E-state index contributed by atoms with van der Waals surface area (Å²) in [6.45, 7) is 1.72. The second-order valence-electron chi connectivity index (χ2n) is 4.61. The van der Waals surface area contributed by atoms with Gasteiger partial charge in [0.15, 0.2) is 0 Å². The van der Waals surface area contributed by atoms with E-state index in [-0.39, 0.29) is 10.6 Å². The first-order chi connectivity index (χ1) is 9.73. The van der Waals surface area contributed by atoms with Crippen molar-refractivity contribution < 1.29 is 13.5 Å². The number of aromatic hydroxyl groups is 1. The molecule has 0 heterocycles. The quantitative estimate of drug-likeness (QED) is 0.849. The topological polar surface area (TPSA) is 83.6 Å². The second-order valence-corrected chi connectivity index (χ2v) is 6.98. The van der Waals surface area contributed by atoms with Gasteiger partial charge in [-0.1, -0.05) is 11.6 Å². The van der Waals surface area contributed by atoms with Gasteiger partial charge in [0.2, 0.25) is 0 Å². The molecule has 0 unspecified atom stereocenters. The van der Waals surface area contributed by atoms with E-state index in [1.165, 1.54) is 43.4 Å². The van der Waals surface area contributed by atoms with E-state index in [2.05, 4.69) is 0 Å². The second kappa shape index (κ2) is 5.46. The van der Waals surface area contributed by atoms with Gasteiger partial charge in [-0.15, -0.1) is 0 Å². The third-order valence-electron chi connectivity index (χ3n) is 3.23. The number of phenolic OH excluding ortho intramolecular Hbond substituents is 1. The number of anilines is 2. The summed E-state index contributed by atoms with van der Waals surface area (Å²) in [5.41, 5.74) is 7.16. The minimum Gasteiger partial charge on any atom is -0.508 e.